The van der Waals surface area contributed by atoms with Crippen LogP contribution in [0.3, 0.4) is 0 Å². The highest BCUT2D eigenvalue weighted by Crippen LogP contribution is 2.29. The van der Waals surface area contributed by atoms with Crippen LogP contribution in [-0.4, -0.2) is 5.11 Å². The van der Waals surface area contributed by atoms with Gasteiger partial charge in [-0.3, -0.25) is 0 Å². The fraction of sp³-hybridized carbons (Fsp3) is 0.667. The van der Waals surface area contributed by atoms with E-state index in [1.165, 1.54) is 4.88 Å². The number of aryl methyl sites for hydroxylation is 1. The number of aliphatic hydroxyl groups is 1. The van der Waals surface area contributed by atoms with Gasteiger partial charge in [0, 0.05) is 9.75 Å². The number of thiophene rings is 1. The molecule has 80 valence electrons. The summed E-state index contributed by atoms with van der Waals surface area (Å²) in [5.41, 5.74) is 0. The fourth-order valence-corrected chi connectivity index (χ4v) is 2.56. The summed E-state index contributed by atoms with van der Waals surface area (Å²) in [5.74, 6) is 0.660. The zero-order chi connectivity index (χ0) is 10.6. The first kappa shape index (κ1) is 11.7. The molecule has 2 heteroatoms. The maximum Gasteiger partial charge on any atom is 0.0884 e. The van der Waals surface area contributed by atoms with E-state index in [1.807, 2.05) is 6.07 Å². The lowest BCUT2D eigenvalue weighted by molar-refractivity contribution is 0.144. The zero-order valence-corrected chi connectivity index (χ0v) is 10.1. The van der Waals surface area contributed by atoms with Gasteiger partial charge in [0.05, 0.1) is 6.10 Å². The molecule has 14 heavy (non-hydrogen) atoms. The second-order valence-electron chi connectivity index (χ2n) is 3.88. The molecule has 1 N–H and O–H groups in total. The molecule has 1 heterocycles. The van der Waals surface area contributed by atoms with Crippen molar-refractivity contribution in [3.8, 4) is 0 Å². The van der Waals surface area contributed by atoms with E-state index in [0.717, 1.165) is 24.1 Å². The Labute approximate surface area is 90.8 Å². The fourth-order valence-electron chi connectivity index (χ4n) is 1.69. The van der Waals surface area contributed by atoms with Gasteiger partial charge in [-0.1, -0.05) is 26.7 Å². The maximum atomic E-state index is 9.98. The Morgan fingerprint density at radius 3 is 2.36 bits per heavy atom. The molecule has 0 amide bonds. The molecule has 0 aliphatic heterocycles. The average Bonchev–Trinajstić information content (AvgIpc) is 2.61. The summed E-state index contributed by atoms with van der Waals surface area (Å²) >= 11 is 1.71. The van der Waals surface area contributed by atoms with Crippen molar-refractivity contribution in [2.24, 2.45) is 5.92 Å². The van der Waals surface area contributed by atoms with Crippen LogP contribution in [0.2, 0.25) is 0 Å². The summed E-state index contributed by atoms with van der Waals surface area (Å²) in [6, 6.07) is 4.13. The molecule has 1 nitrogen and oxygen atoms in total. The van der Waals surface area contributed by atoms with E-state index >= 15 is 0 Å². The van der Waals surface area contributed by atoms with Gasteiger partial charge in [0.2, 0.25) is 0 Å². The third kappa shape index (κ3) is 3.10. The number of hydrogen-bond acceptors (Lipinski definition) is 2. The summed E-state index contributed by atoms with van der Waals surface area (Å²) in [6.45, 7) is 6.47. The minimum atomic E-state index is -0.251. The lowest BCUT2D eigenvalue weighted by Crippen LogP contribution is -2.04. The molecule has 0 aromatic carbocycles. The van der Waals surface area contributed by atoms with Crippen LogP contribution in [-0.2, 0) is 0 Å². The van der Waals surface area contributed by atoms with Crippen LogP contribution >= 0.6 is 11.3 Å². The van der Waals surface area contributed by atoms with Gasteiger partial charge in [-0.15, -0.1) is 11.3 Å². The van der Waals surface area contributed by atoms with E-state index in [-0.39, 0.29) is 6.10 Å². The lowest BCUT2D eigenvalue weighted by Gasteiger charge is -2.16. The molecule has 0 radical (unpaired) electrons. The predicted octanol–water partition coefficient (Wildman–Crippen LogP) is 3.92. The van der Waals surface area contributed by atoms with Gasteiger partial charge < -0.3 is 5.11 Å². The topological polar surface area (TPSA) is 20.2 Å². The van der Waals surface area contributed by atoms with Crippen LogP contribution in [0, 0.1) is 12.8 Å². The average molecular weight is 212 g/mol. The highest BCUT2D eigenvalue weighted by atomic mass is 32.1. The van der Waals surface area contributed by atoms with Crippen molar-refractivity contribution in [1.82, 2.24) is 0 Å². The molecular formula is C12H20OS. The Hall–Kier alpha value is -0.340. The SMILES string of the molecule is CCC(CC)CC(O)c1ccc(C)s1. The Morgan fingerprint density at radius 1 is 1.29 bits per heavy atom. The van der Waals surface area contributed by atoms with Crippen molar-refractivity contribution in [1.29, 1.82) is 0 Å². The predicted molar refractivity (Wildman–Crippen MR) is 62.7 cm³/mol. The van der Waals surface area contributed by atoms with E-state index < -0.39 is 0 Å². The molecule has 1 aromatic rings. The maximum absolute atomic E-state index is 9.98. The molecule has 0 aliphatic carbocycles. The minimum Gasteiger partial charge on any atom is -0.388 e. The van der Waals surface area contributed by atoms with Crippen molar-refractivity contribution in [3.63, 3.8) is 0 Å². The largest absolute Gasteiger partial charge is 0.388 e. The minimum absolute atomic E-state index is 0.251. The Balaban J connectivity index is 2.53. The van der Waals surface area contributed by atoms with Gasteiger partial charge in [0.25, 0.3) is 0 Å². The van der Waals surface area contributed by atoms with Crippen molar-refractivity contribution < 1.29 is 5.11 Å². The molecule has 1 atom stereocenters. The van der Waals surface area contributed by atoms with Crippen LogP contribution in [0.1, 0.15) is 49.0 Å². The van der Waals surface area contributed by atoms with Crippen molar-refractivity contribution >= 4 is 11.3 Å². The number of aliphatic hydroxyl groups excluding tert-OH is 1. The molecule has 1 aromatic heterocycles. The number of rotatable bonds is 5. The molecule has 0 spiro atoms. The monoisotopic (exact) mass is 212 g/mol. The summed E-state index contributed by atoms with van der Waals surface area (Å²) < 4.78 is 0. The molecule has 0 bridgehead atoms. The molecule has 1 rings (SSSR count). The summed E-state index contributed by atoms with van der Waals surface area (Å²) in [7, 11) is 0. The summed E-state index contributed by atoms with van der Waals surface area (Å²) in [6.07, 6.45) is 2.99. The highest BCUT2D eigenvalue weighted by Gasteiger charge is 2.14. The van der Waals surface area contributed by atoms with Crippen LogP contribution in [0.25, 0.3) is 0 Å². The Kier molecular flexibility index (Phi) is 4.63. The standard InChI is InChI=1S/C12H20OS/c1-4-10(5-2)8-11(13)12-7-6-9(3)14-12/h6-7,10-11,13H,4-5,8H2,1-3H3. The quantitative estimate of drug-likeness (QED) is 0.784. The first-order valence-corrected chi connectivity index (χ1v) is 6.23. The molecule has 0 saturated carbocycles. The van der Waals surface area contributed by atoms with E-state index in [9.17, 15) is 5.11 Å². The molecule has 0 fully saturated rings. The second kappa shape index (κ2) is 5.52. The third-order valence-electron chi connectivity index (χ3n) is 2.80. The third-order valence-corrected chi connectivity index (χ3v) is 3.90. The first-order chi connectivity index (χ1) is 6.67. The molecule has 0 saturated heterocycles. The van der Waals surface area contributed by atoms with Gasteiger partial charge in [-0.05, 0) is 31.4 Å². The molecule has 0 aliphatic rings. The van der Waals surface area contributed by atoms with Crippen LogP contribution in [0.4, 0.5) is 0 Å². The van der Waals surface area contributed by atoms with E-state index in [0.29, 0.717) is 5.92 Å². The normalized spacial score (nSPS) is 13.5. The van der Waals surface area contributed by atoms with E-state index in [4.69, 9.17) is 0 Å². The van der Waals surface area contributed by atoms with Gasteiger partial charge >= 0.3 is 0 Å². The summed E-state index contributed by atoms with van der Waals surface area (Å²) in [5, 5.41) is 9.98. The van der Waals surface area contributed by atoms with Gasteiger partial charge in [0.15, 0.2) is 0 Å². The highest BCUT2D eigenvalue weighted by molar-refractivity contribution is 7.11. The van der Waals surface area contributed by atoms with E-state index in [1.54, 1.807) is 11.3 Å². The van der Waals surface area contributed by atoms with Crippen molar-refractivity contribution in [2.75, 3.05) is 0 Å². The van der Waals surface area contributed by atoms with Crippen LogP contribution < -0.4 is 0 Å². The second-order valence-corrected chi connectivity index (χ2v) is 5.20. The smallest absolute Gasteiger partial charge is 0.0884 e. The zero-order valence-electron chi connectivity index (χ0n) is 9.29. The number of hydrogen-bond donors (Lipinski definition) is 1. The molecule has 1 unspecified atom stereocenters. The lowest BCUT2D eigenvalue weighted by atomic mass is 9.95. The van der Waals surface area contributed by atoms with Crippen LogP contribution in [0.15, 0.2) is 12.1 Å². The van der Waals surface area contributed by atoms with Gasteiger partial charge in [-0.2, -0.15) is 0 Å². The van der Waals surface area contributed by atoms with Gasteiger partial charge in [0.1, 0.15) is 0 Å². The Bertz CT molecular complexity index is 263. The van der Waals surface area contributed by atoms with Crippen LogP contribution in [0.5, 0.6) is 0 Å². The first-order valence-electron chi connectivity index (χ1n) is 5.41. The molecular weight excluding hydrogens is 192 g/mol. The summed E-state index contributed by atoms with van der Waals surface area (Å²) in [4.78, 5) is 2.40. The van der Waals surface area contributed by atoms with E-state index in [2.05, 4.69) is 26.8 Å². The van der Waals surface area contributed by atoms with Crippen molar-refractivity contribution in [3.05, 3.63) is 21.9 Å². The van der Waals surface area contributed by atoms with Crippen molar-refractivity contribution in [2.45, 2.75) is 46.1 Å². The Morgan fingerprint density at radius 2 is 1.93 bits per heavy atom. The van der Waals surface area contributed by atoms with Gasteiger partial charge in [-0.25, -0.2) is 0 Å².